The number of aryl methyl sites for hydroxylation is 1. The van der Waals surface area contributed by atoms with E-state index in [0.717, 1.165) is 13.1 Å². The number of alkyl halides is 3. The fourth-order valence-corrected chi connectivity index (χ4v) is 2.59. The first-order chi connectivity index (χ1) is 12.8. The third-order valence-electron chi connectivity index (χ3n) is 4.01. The summed E-state index contributed by atoms with van der Waals surface area (Å²) in [7, 11) is 0. The van der Waals surface area contributed by atoms with E-state index in [0.29, 0.717) is 0 Å². The van der Waals surface area contributed by atoms with Crippen molar-refractivity contribution in [1.82, 2.24) is 5.32 Å². The molecule has 0 aliphatic heterocycles. The molecular formula is C21H20F3NO2. The second-order valence-corrected chi connectivity index (χ2v) is 5.97. The van der Waals surface area contributed by atoms with Crippen molar-refractivity contribution in [3.8, 4) is 0 Å². The Morgan fingerprint density at radius 1 is 0.889 bits per heavy atom. The lowest BCUT2D eigenvalue weighted by atomic mass is 10.0. The fourth-order valence-electron chi connectivity index (χ4n) is 2.59. The van der Waals surface area contributed by atoms with Gasteiger partial charge in [0.05, 0.1) is 0 Å². The molecule has 6 heteroatoms. The van der Waals surface area contributed by atoms with Crippen LogP contribution in [0.4, 0.5) is 13.2 Å². The molecular weight excluding hydrogens is 355 g/mol. The van der Waals surface area contributed by atoms with E-state index in [1.165, 1.54) is 27.5 Å². The van der Waals surface area contributed by atoms with Gasteiger partial charge in [-0.15, -0.1) is 0 Å². The van der Waals surface area contributed by atoms with E-state index < -0.39 is 12.1 Å². The first kappa shape index (κ1) is 20.5. The molecule has 0 atom stereocenters. The van der Waals surface area contributed by atoms with Crippen LogP contribution in [0.3, 0.4) is 0 Å². The Balaban J connectivity index is 0.000000321. The molecule has 0 bridgehead atoms. The number of carbonyl (C=O) groups is 1. The molecule has 0 aromatic heterocycles. The van der Waals surface area contributed by atoms with Crippen molar-refractivity contribution in [2.45, 2.75) is 26.2 Å². The molecule has 27 heavy (non-hydrogen) atoms. The Kier molecular flexibility index (Phi) is 6.96. The van der Waals surface area contributed by atoms with E-state index in [2.05, 4.69) is 79.0 Å². The molecule has 142 valence electrons. The molecule has 0 saturated carbocycles. The predicted molar refractivity (Wildman–Crippen MR) is 99.4 cm³/mol. The smallest absolute Gasteiger partial charge is 0.475 e. The van der Waals surface area contributed by atoms with Gasteiger partial charge in [-0.05, 0) is 34.4 Å². The highest BCUT2D eigenvalue weighted by molar-refractivity contribution is 5.85. The second kappa shape index (κ2) is 9.19. The van der Waals surface area contributed by atoms with E-state index in [1.54, 1.807) is 0 Å². The molecule has 0 unspecified atom stereocenters. The highest BCUT2D eigenvalue weighted by atomic mass is 19.4. The number of fused-ring (bicyclic) bond motifs is 1. The van der Waals surface area contributed by atoms with Crippen LogP contribution in [0.25, 0.3) is 10.8 Å². The van der Waals surface area contributed by atoms with Crippen molar-refractivity contribution in [3.05, 3.63) is 83.4 Å². The highest BCUT2D eigenvalue weighted by Crippen LogP contribution is 2.18. The van der Waals surface area contributed by atoms with Crippen molar-refractivity contribution in [1.29, 1.82) is 0 Å². The van der Waals surface area contributed by atoms with Gasteiger partial charge in [-0.25, -0.2) is 4.79 Å². The lowest BCUT2D eigenvalue weighted by Crippen LogP contribution is -2.21. The van der Waals surface area contributed by atoms with E-state index in [9.17, 15) is 13.2 Å². The first-order valence-corrected chi connectivity index (χ1v) is 8.31. The maximum absolute atomic E-state index is 10.6. The minimum absolute atomic E-state index is 0.898. The summed E-state index contributed by atoms with van der Waals surface area (Å²) in [5.41, 5.74) is 4.07. The van der Waals surface area contributed by atoms with Gasteiger partial charge in [0.1, 0.15) is 0 Å². The van der Waals surface area contributed by atoms with Gasteiger partial charge in [0.15, 0.2) is 0 Å². The van der Waals surface area contributed by atoms with Crippen LogP contribution in [-0.2, 0) is 17.9 Å². The Labute approximate surface area is 155 Å². The number of benzene rings is 3. The van der Waals surface area contributed by atoms with Gasteiger partial charge in [0.25, 0.3) is 0 Å². The average Bonchev–Trinajstić information content (AvgIpc) is 2.63. The maximum atomic E-state index is 10.6. The molecule has 0 heterocycles. The molecule has 0 fully saturated rings. The summed E-state index contributed by atoms with van der Waals surface area (Å²) in [6, 6.07) is 23.6. The number of aliphatic carboxylic acids is 1. The molecule has 3 aromatic rings. The van der Waals surface area contributed by atoms with Crippen molar-refractivity contribution < 1.29 is 23.1 Å². The Morgan fingerprint density at radius 3 is 2.07 bits per heavy atom. The Bertz CT molecular complexity index is 902. The summed E-state index contributed by atoms with van der Waals surface area (Å²) in [6.07, 6.45) is -5.08. The number of carboxylic acids is 1. The third-order valence-corrected chi connectivity index (χ3v) is 4.01. The summed E-state index contributed by atoms with van der Waals surface area (Å²) in [5.74, 6) is -2.76. The normalized spacial score (nSPS) is 11.0. The largest absolute Gasteiger partial charge is 0.490 e. The van der Waals surface area contributed by atoms with Crippen LogP contribution in [0.1, 0.15) is 16.7 Å². The maximum Gasteiger partial charge on any atom is 0.490 e. The number of halogens is 3. The lowest BCUT2D eigenvalue weighted by molar-refractivity contribution is -0.192. The Hall–Kier alpha value is -2.86. The number of nitrogens with one attached hydrogen (secondary N) is 1. The number of hydrogen-bond donors (Lipinski definition) is 2. The zero-order chi connectivity index (χ0) is 19.9. The van der Waals surface area contributed by atoms with Gasteiger partial charge in [-0.1, -0.05) is 66.7 Å². The van der Waals surface area contributed by atoms with Gasteiger partial charge >= 0.3 is 12.1 Å². The molecule has 2 N–H and O–H groups in total. The van der Waals surface area contributed by atoms with Gasteiger partial charge in [-0.2, -0.15) is 13.2 Å². The van der Waals surface area contributed by atoms with E-state index in [1.807, 2.05) is 0 Å². The number of rotatable bonds is 4. The Morgan fingerprint density at radius 2 is 1.41 bits per heavy atom. The van der Waals surface area contributed by atoms with Crippen LogP contribution < -0.4 is 5.32 Å². The number of hydrogen-bond acceptors (Lipinski definition) is 2. The quantitative estimate of drug-likeness (QED) is 0.669. The van der Waals surface area contributed by atoms with Crippen LogP contribution in [-0.4, -0.2) is 17.3 Å². The average molecular weight is 375 g/mol. The SMILES string of the molecule is Cc1ccccc1CNCc1cccc2ccccc12.O=C(O)C(F)(F)F. The lowest BCUT2D eigenvalue weighted by Gasteiger charge is -2.10. The summed E-state index contributed by atoms with van der Waals surface area (Å²) < 4.78 is 31.7. The van der Waals surface area contributed by atoms with Crippen LogP contribution in [0, 0.1) is 6.92 Å². The molecule has 3 nitrogen and oxygen atoms in total. The first-order valence-electron chi connectivity index (χ1n) is 8.31. The van der Waals surface area contributed by atoms with Gasteiger partial charge < -0.3 is 10.4 Å². The molecule has 0 saturated heterocycles. The molecule has 0 spiro atoms. The van der Waals surface area contributed by atoms with Crippen LogP contribution >= 0.6 is 0 Å². The predicted octanol–water partition coefficient (Wildman–Crippen LogP) is 5.07. The number of carboxylic acid groups (broad SMARTS) is 1. The topological polar surface area (TPSA) is 49.3 Å². The zero-order valence-corrected chi connectivity index (χ0v) is 14.8. The standard InChI is InChI=1S/C19H19N.C2HF3O2/c1-15-7-2-3-9-17(15)13-20-14-18-11-6-10-16-8-4-5-12-19(16)18;3-2(4,5)1(6)7/h2-12,20H,13-14H2,1H3;(H,6,7). The van der Waals surface area contributed by atoms with E-state index >= 15 is 0 Å². The van der Waals surface area contributed by atoms with Crippen LogP contribution in [0.2, 0.25) is 0 Å². The van der Waals surface area contributed by atoms with Crippen molar-refractivity contribution >= 4 is 16.7 Å². The molecule has 0 amide bonds. The van der Waals surface area contributed by atoms with Crippen molar-refractivity contribution in [3.63, 3.8) is 0 Å². The second-order valence-electron chi connectivity index (χ2n) is 5.97. The van der Waals surface area contributed by atoms with Gasteiger partial charge in [0, 0.05) is 13.1 Å². The third kappa shape index (κ3) is 6.11. The molecule has 0 radical (unpaired) electrons. The minimum Gasteiger partial charge on any atom is -0.475 e. The molecule has 3 aromatic carbocycles. The highest BCUT2D eigenvalue weighted by Gasteiger charge is 2.38. The fraction of sp³-hybridized carbons (Fsp3) is 0.190. The molecule has 0 aliphatic carbocycles. The van der Waals surface area contributed by atoms with Crippen molar-refractivity contribution in [2.75, 3.05) is 0 Å². The van der Waals surface area contributed by atoms with E-state index in [-0.39, 0.29) is 0 Å². The van der Waals surface area contributed by atoms with E-state index in [4.69, 9.17) is 9.90 Å². The van der Waals surface area contributed by atoms with Crippen molar-refractivity contribution in [2.24, 2.45) is 0 Å². The summed E-state index contributed by atoms with van der Waals surface area (Å²) >= 11 is 0. The minimum atomic E-state index is -5.08. The van der Waals surface area contributed by atoms with Crippen LogP contribution in [0.15, 0.2) is 66.7 Å². The summed E-state index contributed by atoms with van der Waals surface area (Å²) in [4.78, 5) is 8.90. The van der Waals surface area contributed by atoms with Gasteiger partial charge in [-0.3, -0.25) is 0 Å². The van der Waals surface area contributed by atoms with Gasteiger partial charge in [0.2, 0.25) is 0 Å². The summed E-state index contributed by atoms with van der Waals surface area (Å²) in [6.45, 7) is 3.97. The summed E-state index contributed by atoms with van der Waals surface area (Å²) in [5, 5.41) is 13.3. The van der Waals surface area contributed by atoms with Crippen LogP contribution in [0.5, 0.6) is 0 Å². The molecule has 0 aliphatic rings. The molecule has 3 rings (SSSR count). The zero-order valence-electron chi connectivity index (χ0n) is 14.8. The monoisotopic (exact) mass is 375 g/mol.